The summed E-state index contributed by atoms with van der Waals surface area (Å²) in [6.07, 6.45) is 13.4. The number of benzene rings is 1. The molecule has 1 N–H and O–H groups in total. The Morgan fingerprint density at radius 2 is 2.11 bits per heavy atom. The molecule has 1 saturated carbocycles. The van der Waals surface area contributed by atoms with E-state index in [-0.39, 0.29) is 5.91 Å². The fourth-order valence-corrected chi connectivity index (χ4v) is 4.05. The Hall–Kier alpha value is -3.66. The molecule has 0 spiro atoms. The summed E-state index contributed by atoms with van der Waals surface area (Å²) in [6, 6.07) is 8.48. The summed E-state index contributed by atoms with van der Waals surface area (Å²) in [7, 11) is 0. The van der Waals surface area contributed by atoms with Crippen molar-refractivity contribution < 1.29 is 4.79 Å². The summed E-state index contributed by atoms with van der Waals surface area (Å²) < 4.78 is 3.97. The molecule has 138 valence electrons. The number of nitrogens with one attached hydrogen (secondary N) is 1. The number of aromatic nitrogens is 4. The van der Waals surface area contributed by atoms with E-state index in [9.17, 15) is 10.1 Å². The van der Waals surface area contributed by atoms with E-state index in [1.165, 1.54) is 12.8 Å². The first-order chi connectivity index (χ1) is 13.7. The largest absolute Gasteiger partial charge is 0.343 e. The monoisotopic (exact) mass is 370 g/mol. The fourth-order valence-electron chi connectivity index (χ4n) is 4.05. The molecule has 5 rings (SSSR count). The van der Waals surface area contributed by atoms with Gasteiger partial charge in [-0.3, -0.25) is 9.78 Å². The number of anilines is 1. The lowest BCUT2D eigenvalue weighted by atomic mass is 10.1. The smallest absolute Gasteiger partial charge is 0.275 e. The summed E-state index contributed by atoms with van der Waals surface area (Å²) in [6.45, 7) is 0. The molecule has 28 heavy (non-hydrogen) atoms. The second kappa shape index (κ2) is 6.50. The lowest BCUT2D eigenvalue weighted by Gasteiger charge is -2.13. The highest BCUT2D eigenvalue weighted by molar-refractivity contribution is 6.04. The predicted molar refractivity (Wildman–Crippen MR) is 105 cm³/mol. The Morgan fingerprint density at radius 1 is 1.25 bits per heavy atom. The third-order valence-electron chi connectivity index (χ3n) is 5.43. The van der Waals surface area contributed by atoms with Crippen LogP contribution in [0.5, 0.6) is 0 Å². The molecule has 0 bridgehead atoms. The zero-order chi connectivity index (χ0) is 19.1. The first-order valence-electron chi connectivity index (χ1n) is 9.38. The number of nitriles is 1. The molecule has 3 heterocycles. The van der Waals surface area contributed by atoms with E-state index in [0.29, 0.717) is 28.6 Å². The van der Waals surface area contributed by atoms with Gasteiger partial charge in [-0.05, 0) is 31.0 Å². The lowest BCUT2D eigenvalue weighted by Crippen LogP contribution is -2.12. The first kappa shape index (κ1) is 16.5. The number of carbonyl (C=O) groups excluding carboxylic acids is 1. The molecule has 0 atom stereocenters. The van der Waals surface area contributed by atoms with Crippen molar-refractivity contribution in [1.82, 2.24) is 18.9 Å². The van der Waals surface area contributed by atoms with Crippen LogP contribution in [0.25, 0.3) is 16.6 Å². The topological polar surface area (TPSA) is 88.0 Å². The zero-order valence-corrected chi connectivity index (χ0v) is 15.2. The Balaban J connectivity index is 1.47. The summed E-state index contributed by atoms with van der Waals surface area (Å²) in [5.41, 5.74) is 3.26. The van der Waals surface area contributed by atoms with Crippen LogP contribution in [0.4, 0.5) is 5.69 Å². The molecule has 0 unspecified atom stereocenters. The average Bonchev–Trinajstić information content (AvgIpc) is 3.45. The second-order valence-corrected chi connectivity index (χ2v) is 7.15. The Labute approximate surface area is 161 Å². The van der Waals surface area contributed by atoms with Gasteiger partial charge in [0, 0.05) is 47.4 Å². The Morgan fingerprint density at radius 3 is 2.89 bits per heavy atom. The van der Waals surface area contributed by atoms with Gasteiger partial charge in [0.05, 0.1) is 11.8 Å². The van der Waals surface area contributed by atoms with Crippen LogP contribution in [-0.2, 0) is 0 Å². The van der Waals surface area contributed by atoms with Crippen LogP contribution in [0, 0.1) is 11.3 Å². The molecule has 7 heteroatoms. The van der Waals surface area contributed by atoms with E-state index in [4.69, 9.17) is 0 Å². The maximum atomic E-state index is 12.6. The average molecular weight is 370 g/mol. The van der Waals surface area contributed by atoms with Crippen LogP contribution in [-0.4, -0.2) is 24.8 Å². The lowest BCUT2D eigenvalue weighted by molar-refractivity contribution is 0.102. The summed E-state index contributed by atoms with van der Waals surface area (Å²) >= 11 is 0. The van der Waals surface area contributed by atoms with E-state index < -0.39 is 0 Å². The van der Waals surface area contributed by atoms with Gasteiger partial charge in [0.25, 0.3) is 5.91 Å². The van der Waals surface area contributed by atoms with Crippen molar-refractivity contribution >= 4 is 28.1 Å². The summed E-state index contributed by atoms with van der Waals surface area (Å²) in [5.74, 6) is -0.295. The normalized spacial score (nSPS) is 14.5. The molecular weight excluding hydrogens is 352 g/mol. The zero-order valence-electron chi connectivity index (χ0n) is 15.2. The third kappa shape index (κ3) is 2.70. The van der Waals surface area contributed by atoms with Gasteiger partial charge in [0.15, 0.2) is 5.65 Å². The van der Waals surface area contributed by atoms with Gasteiger partial charge < -0.3 is 14.3 Å². The minimum Gasteiger partial charge on any atom is -0.343 e. The molecule has 0 saturated heterocycles. The third-order valence-corrected chi connectivity index (χ3v) is 5.43. The van der Waals surface area contributed by atoms with E-state index in [0.717, 1.165) is 23.7 Å². The van der Waals surface area contributed by atoms with Crippen LogP contribution in [0.15, 0.2) is 49.2 Å². The molecule has 1 aliphatic carbocycles. The minimum absolute atomic E-state index is 0.295. The van der Waals surface area contributed by atoms with Gasteiger partial charge in [0.1, 0.15) is 11.8 Å². The molecule has 1 amide bonds. The van der Waals surface area contributed by atoms with Gasteiger partial charge >= 0.3 is 0 Å². The first-order valence-corrected chi connectivity index (χ1v) is 9.38. The Bertz CT molecular complexity index is 1210. The van der Waals surface area contributed by atoms with Gasteiger partial charge in [-0.25, -0.2) is 4.98 Å². The van der Waals surface area contributed by atoms with Gasteiger partial charge in [-0.15, -0.1) is 0 Å². The molecule has 7 nitrogen and oxygen atoms in total. The van der Waals surface area contributed by atoms with Crippen molar-refractivity contribution in [1.29, 1.82) is 5.26 Å². The highest BCUT2D eigenvalue weighted by Gasteiger charge is 2.20. The number of hydrogen-bond acceptors (Lipinski definition) is 4. The molecule has 4 aromatic rings. The highest BCUT2D eigenvalue weighted by Crippen LogP contribution is 2.35. The van der Waals surface area contributed by atoms with Crippen molar-refractivity contribution in [3.63, 3.8) is 0 Å². The minimum atomic E-state index is -0.295. The predicted octanol–water partition coefficient (Wildman–Crippen LogP) is 3.92. The Kier molecular flexibility index (Phi) is 3.83. The highest BCUT2D eigenvalue weighted by atomic mass is 16.1. The van der Waals surface area contributed by atoms with E-state index in [1.807, 2.05) is 24.4 Å². The maximum absolute atomic E-state index is 12.6. The van der Waals surface area contributed by atoms with Crippen molar-refractivity contribution in [2.75, 3.05) is 5.32 Å². The van der Waals surface area contributed by atoms with Crippen molar-refractivity contribution in [3.8, 4) is 6.07 Å². The number of carbonyl (C=O) groups is 1. The van der Waals surface area contributed by atoms with Gasteiger partial charge in [-0.2, -0.15) is 5.26 Å². The van der Waals surface area contributed by atoms with Crippen LogP contribution in [0.3, 0.4) is 0 Å². The van der Waals surface area contributed by atoms with Crippen LogP contribution >= 0.6 is 0 Å². The fraction of sp³-hybridized carbons (Fsp3) is 0.238. The standard InChI is InChI=1S/C21H18N6O/c22-10-14-12-27(16-3-1-2-4-16)19-6-5-15(9-17(14)19)24-21(28)18-13-26-8-7-23-11-20(26)25-18/h5-9,11-13,16H,1-4H2,(H,24,28). The summed E-state index contributed by atoms with van der Waals surface area (Å²) in [4.78, 5) is 20.9. The molecule has 1 aromatic carbocycles. The molecule has 1 fully saturated rings. The molecular formula is C21H18N6O. The van der Waals surface area contributed by atoms with E-state index in [2.05, 4.69) is 25.9 Å². The van der Waals surface area contributed by atoms with Gasteiger partial charge in [-0.1, -0.05) is 12.8 Å². The quantitative estimate of drug-likeness (QED) is 0.592. The number of hydrogen-bond donors (Lipinski definition) is 1. The molecule has 0 radical (unpaired) electrons. The number of imidazole rings is 1. The van der Waals surface area contributed by atoms with Crippen molar-refractivity contribution in [2.24, 2.45) is 0 Å². The van der Waals surface area contributed by atoms with Crippen molar-refractivity contribution in [2.45, 2.75) is 31.7 Å². The van der Waals surface area contributed by atoms with Crippen LogP contribution in [0.1, 0.15) is 47.8 Å². The second-order valence-electron chi connectivity index (χ2n) is 7.15. The number of fused-ring (bicyclic) bond motifs is 2. The molecule has 1 aliphatic rings. The van der Waals surface area contributed by atoms with E-state index >= 15 is 0 Å². The number of nitrogens with zero attached hydrogens (tertiary/aromatic N) is 5. The molecule has 0 aliphatic heterocycles. The van der Waals surface area contributed by atoms with Crippen LogP contribution in [0.2, 0.25) is 0 Å². The SMILES string of the molecule is N#Cc1cn(C2CCCC2)c2ccc(NC(=O)c3cn4ccncc4n3)cc12. The number of rotatable bonds is 3. The molecule has 3 aromatic heterocycles. The summed E-state index contributed by atoms with van der Waals surface area (Å²) in [5, 5.41) is 13.3. The van der Waals surface area contributed by atoms with E-state index in [1.54, 1.807) is 29.2 Å². The maximum Gasteiger partial charge on any atom is 0.275 e. The van der Waals surface area contributed by atoms with Crippen molar-refractivity contribution in [3.05, 3.63) is 60.4 Å². The number of amides is 1. The van der Waals surface area contributed by atoms with Gasteiger partial charge in [0.2, 0.25) is 0 Å². The van der Waals surface area contributed by atoms with Crippen LogP contribution < -0.4 is 5.32 Å².